The summed E-state index contributed by atoms with van der Waals surface area (Å²) < 4.78 is 10.5. The van der Waals surface area contributed by atoms with Gasteiger partial charge < -0.3 is 23.9 Å². The summed E-state index contributed by atoms with van der Waals surface area (Å²) in [4.78, 5) is 30.1. The first kappa shape index (κ1) is 15.9. The average Bonchev–Trinajstić information content (AvgIpc) is 3.13. The molecule has 0 atom stereocenters. The smallest absolute Gasteiger partial charge is 0.320 e. The normalized spacial score (nSPS) is 19.0. The van der Waals surface area contributed by atoms with Crippen LogP contribution >= 0.6 is 0 Å². The van der Waals surface area contributed by atoms with E-state index in [4.69, 9.17) is 9.15 Å². The number of carbonyl (C=O) groups is 2. The Morgan fingerprint density at radius 1 is 0.957 bits per heavy atom. The van der Waals surface area contributed by atoms with Crippen LogP contribution in [0.15, 0.2) is 22.8 Å². The van der Waals surface area contributed by atoms with E-state index in [1.807, 2.05) is 26.8 Å². The molecule has 1 aromatic rings. The standard InChI is InChI=1S/C16H23N3O4/c20-15(4-3-14-2-1-11-23-14)17-5-7-18(8-6-17)16(21)19-9-12-22-13-10-19/h1-2,11H,3-10,12-13H2. The van der Waals surface area contributed by atoms with Crippen LogP contribution in [0, 0.1) is 0 Å². The number of aryl methyl sites for hydroxylation is 1. The first-order valence-electron chi connectivity index (χ1n) is 8.16. The Labute approximate surface area is 135 Å². The van der Waals surface area contributed by atoms with Crippen LogP contribution in [0.5, 0.6) is 0 Å². The number of furan rings is 1. The van der Waals surface area contributed by atoms with Crippen molar-refractivity contribution in [3.63, 3.8) is 0 Å². The van der Waals surface area contributed by atoms with Crippen LogP contribution in [0.1, 0.15) is 12.2 Å². The topological polar surface area (TPSA) is 66.2 Å². The van der Waals surface area contributed by atoms with E-state index in [0.717, 1.165) is 5.76 Å². The number of morpholine rings is 1. The molecule has 0 unspecified atom stereocenters. The van der Waals surface area contributed by atoms with Gasteiger partial charge in [0.05, 0.1) is 19.5 Å². The molecule has 126 valence electrons. The summed E-state index contributed by atoms with van der Waals surface area (Å²) in [5.74, 6) is 0.958. The Kier molecular flexibility index (Phi) is 5.17. The summed E-state index contributed by atoms with van der Waals surface area (Å²) in [5.41, 5.74) is 0. The zero-order valence-electron chi connectivity index (χ0n) is 13.3. The van der Waals surface area contributed by atoms with E-state index in [-0.39, 0.29) is 11.9 Å². The zero-order valence-corrected chi connectivity index (χ0v) is 13.3. The van der Waals surface area contributed by atoms with Crippen LogP contribution in [0.4, 0.5) is 4.79 Å². The van der Waals surface area contributed by atoms with E-state index >= 15 is 0 Å². The van der Waals surface area contributed by atoms with E-state index in [2.05, 4.69) is 0 Å². The number of carbonyl (C=O) groups excluding carboxylic acids is 2. The molecule has 2 saturated heterocycles. The number of urea groups is 1. The number of hydrogen-bond acceptors (Lipinski definition) is 4. The van der Waals surface area contributed by atoms with Gasteiger partial charge in [-0.25, -0.2) is 4.79 Å². The Morgan fingerprint density at radius 3 is 2.26 bits per heavy atom. The minimum atomic E-state index is 0.0657. The molecule has 0 aromatic carbocycles. The summed E-state index contributed by atoms with van der Waals surface area (Å²) in [6, 6.07) is 3.78. The lowest BCUT2D eigenvalue weighted by molar-refractivity contribution is -0.132. The van der Waals surface area contributed by atoms with Crippen molar-refractivity contribution in [2.45, 2.75) is 12.8 Å². The van der Waals surface area contributed by atoms with Crippen molar-refractivity contribution in [1.29, 1.82) is 0 Å². The molecule has 0 saturated carbocycles. The van der Waals surface area contributed by atoms with Crippen molar-refractivity contribution in [2.24, 2.45) is 0 Å². The highest BCUT2D eigenvalue weighted by molar-refractivity contribution is 5.78. The summed E-state index contributed by atoms with van der Waals surface area (Å²) >= 11 is 0. The van der Waals surface area contributed by atoms with Crippen molar-refractivity contribution >= 4 is 11.9 Å². The van der Waals surface area contributed by atoms with Gasteiger partial charge in [0.2, 0.25) is 5.91 Å². The van der Waals surface area contributed by atoms with E-state index in [0.29, 0.717) is 65.3 Å². The van der Waals surface area contributed by atoms with E-state index in [1.54, 1.807) is 6.26 Å². The second kappa shape index (κ2) is 7.50. The molecule has 0 bridgehead atoms. The molecule has 2 aliphatic heterocycles. The molecule has 1 aromatic heterocycles. The van der Waals surface area contributed by atoms with Gasteiger partial charge >= 0.3 is 6.03 Å². The number of rotatable bonds is 3. The molecule has 7 heteroatoms. The number of piperazine rings is 1. The maximum atomic E-state index is 12.4. The lowest BCUT2D eigenvalue weighted by Crippen LogP contribution is -2.55. The lowest BCUT2D eigenvalue weighted by Gasteiger charge is -2.38. The molecule has 2 aliphatic rings. The molecule has 3 rings (SSSR count). The molecule has 23 heavy (non-hydrogen) atoms. The number of amides is 3. The predicted molar refractivity (Wildman–Crippen MR) is 83.0 cm³/mol. The Balaban J connectivity index is 1.42. The van der Waals surface area contributed by atoms with E-state index in [1.165, 1.54) is 0 Å². The highest BCUT2D eigenvalue weighted by Gasteiger charge is 2.27. The third-order valence-corrected chi connectivity index (χ3v) is 4.35. The fraction of sp³-hybridized carbons (Fsp3) is 0.625. The highest BCUT2D eigenvalue weighted by Crippen LogP contribution is 2.10. The van der Waals surface area contributed by atoms with Crippen molar-refractivity contribution in [2.75, 3.05) is 52.5 Å². The SMILES string of the molecule is O=C(CCc1ccco1)N1CCN(C(=O)N2CCOCC2)CC1. The molecular formula is C16H23N3O4. The predicted octanol–water partition coefficient (Wildman–Crippen LogP) is 0.809. The quantitative estimate of drug-likeness (QED) is 0.826. The van der Waals surface area contributed by atoms with Crippen LogP contribution in [0.3, 0.4) is 0 Å². The Morgan fingerprint density at radius 2 is 1.61 bits per heavy atom. The van der Waals surface area contributed by atoms with Crippen molar-refractivity contribution < 1.29 is 18.7 Å². The van der Waals surface area contributed by atoms with Crippen LogP contribution < -0.4 is 0 Å². The number of hydrogen-bond donors (Lipinski definition) is 0. The molecule has 7 nitrogen and oxygen atoms in total. The van der Waals surface area contributed by atoms with Gasteiger partial charge in [0.15, 0.2) is 0 Å². The Hall–Kier alpha value is -2.02. The van der Waals surface area contributed by atoms with Gasteiger partial charge in [0.25, 0.3) is 0 Å². The van der Waals surface area contributed by atoms with E-state index < -0.39 is 0 Å². The second-order valence-corrected chi connectivity index (χ2v) is 5.83. The second-order valence-electron chi connectivity index (χ2n) is 5.83. The van der Waals surface area contributed by atoms with Gasteiger partial charge in [-0.1, -0.05) is 0 Å². The third kappa shape index (κ3) is 4.04. The minimum absolute atomic E-state index is 0.0657. The number of nitrogens with zero attached hydrogens (tertiary/aromatic N) is 3. The fourth-order valence-electron chi connectivity index (χ4n) is 2.94. The molecule has 2 fully saturated rings. The van der Waals surface area contributed by atoms with Crippen molar-refractivity contribution in [3.05, 3.63) is 24.2 Å². The summed E-state index contributed by atoms with van der Waals surface area (Å²) in [7, 11) is 0. The summed E-state index contributed by atoms with van der Waals surface area (Å²) in [6.45, 7) is 4.93. The van der Waals surface area contributed by atoms with E-state index in [9.17, 15) is 9.59 Å². The molecular weight excluding hydrogens is 298 g/mol. The molecule has 0 spiro atoms. The van der Waals surface area contributed by atoms with Crippen LogP contribution in [0.2, 0.25) is 0 Å². The number of ether oxygens (including phenoxy) is 1. The molecule has 0 radical (unpaired) electrons. The first-order valence-corrected chi connectivity index (χ1v) is 8.16. The zero-order chi connectivity index (χ0) is 16.1. The maximum absolute atomic E-state index is 12.4. The van der Waals surface area contributed by atoms with Crippen LogP contribution in [-0.4, -0.2) is 79.1 Å². The van der Waals surface area contributed by atoms with Gasteiger partial charge in [-0.3, -0.25) is 4.79 Å². The lowest BCUT2D eigenvalue weighted by atomic mass is 10.2. The van der Waals surface area contributed by atoms with Crippen LogP contribution in [0.25, 0.3) is 0 Å². The average molecular weight is 321 g/mol. The van der Waals surface area contributed by atoms with Crippen molar-refractivity contribution in [3.8, 4) is 0 Å². The molecule has 3 heterocycles. The van der Waals surface area contributed by atoms with Gasteiger partial charge in [0.1, 0.15) is 5.76 Å². The monoisotopic (exact) mass is 321 g/mol. The van der Waals surface area contributed by atoms with Gasteiger partial charge in [-0.15, -0.1) is 0 Å². The Bertz CT molecular complexity index is 517. The molecule has 0 aliphatic carbocycles. The third-order valence-electron chi connectivity index (χ3n) is 4.35. The minimum Gasteiger partial charge on any atom is -0.469 e. The van der Waals surface area contributed by atoms with Gasteiger partial charge in [-0.2, -0.15) is 0 Å². The van der Waals surface area contributed by atoms with Gasteiger partial charge in [0, 0.05) is 52.1 Å². The summed E-state index contributed by atoms with van der Waals surface area (Å²) in [5, 5.41) is 0. The fourth-order valence-corrected chi connectivity index (χ4v) is 2.94. The van der Waals surface area contributed by atoms with Crippen LogP contribution in [-0.2, 0) is 16.0 Å². The largest absolute Gasteiger partial charge is 0.469 e. The first-order chi connectivity index (χ1) is 11.2. The maximum Gasteiger partial charge on any atom is 0.320 e. The van der Waals surface area contributed by atoms with Gasteiger partial charge in [-0.05, 0) is 12.1 Å². The molecule has 3 amide bonds. The van der Waals surface area contributed by atoms with Crippen molar-refractivity contribution in [1.82, 2.24) is 14.7 Å². The molecule has 0 N–H and O–H groups in total. The summed E-state index contributed by atoms with van der Waals surface area (Å²) in [6.07, 6.45) is 2.69. The highest BCUT2D eigenvalue weighted by atomic mass is 16.5.